The van der Waals surface area contributed by atoms with Gasteiger partial charge in [-0.1, -0.05) is 85.6 Å². The first-order valence-electron chi connectivity index (χ1n) is 9.04. The van der Waals surface area contributed by atoms with Crippen molar-refractivity contribution in [3.8, 4) is 0 Å². The van der Waals surface area contributed by atoms with Crippen LogP contribution in [-0.4, -0.2) is 15.7 Å². The summed E-state index contributed by atoms with van der Waals surface area (Å²) in [6.07, 6.45) is 5.17. The number of aliphatic hydroxyl groups is 1. The van der Waals surface area contributed by atoms with Crippen LogP contribution in [-0.2, 0) is 0 Å². The van der Waals surface area contributed by atoms with Crippen LogP contribution < -0.4 is 0 Å². The predicted octanol–water partition coefficient (Wildman–Crippen LogP) is 5.76. The molecule has 4 rings (SSSR count). The summed E-state index contributed by atoms with van der Waals surface area (Å²) in [5.74, 6) is 0. The molecule has 0 bridgehead atoms. The van der Waals surface area contributed by atoms with E-state index in [0.717, 1.165) is 41.6 Å². The molecule has 1 fully saturated rings. The van der Waals surface area contributed by atoms with E-state index in [4.69, 9.17) is 4.98 Å². The van der Waals surface area contributed by atoms with Gasteiger partial charge < -0.3 is 5.11 Å². The average molecular weight is 349 g/mol. The Kier molecular flexibility index (Phi) is 4.78. The molecule has 1 aliphatic carbocycles. The smallest absolute Gasteiger partial charge is 0.0974 e. The summed E-state index contributed by atoms with van der Waals surface area (Å²) in [5, 5.41) is 13.6. The second-order valence-electron chi connectivity index (χ2n) is 6.92. The quantitative estimate of drug-likeness (QED) is 0.608. The van der Waals surface area contributed by atoms with Crippen molar-refractivity contribution < 1.29 is 5.11 Å². The Morgan fingerprint density at radius 3 is 2.36 bits per heavy atom. The van der Waals surface area contributed by atoms with Gasteiger partial charge in [0.25, 0.3) is 0 Å². The van der Waals surface area contributed by atoms with E-state index < -0.39 is 5.60 Å². The summed E-state index contributed by atoms with van der Waals surface area (Å²) < 4.78 is 0. The number of rotatable bonds is 4. The topological polar surface area (TPSA) is 33.1 Å². The van der Waals surface area contributed by atoms with Crippen molar-refractivity contribution in [3.05, 3.63) is 72.3 Å². The number of para-hydroxylation sites is 1. The average Bonchev–Trinajstić information content (AvgIpc) is 2.67. The molecule has 0 amide bonds. The fourth-order valence-electron chi connectivity index (χ4n) is 3.78. The maximum atomic E-state index is 11.4. The first kappa shape index (κ1) is 16.6. The second kappa shape index (κ2) is 7.19. The van der Waals surface area contributed by atoms with E-state index in [0.29, 0.717) is 0 Å². The Morgan fingerprint density at radius 1 is 0.840 bits per heavy atom. The monoisotopic (exact) mass is 349 g/mol. The van der Waals surface area contributed by atoms with E-state index in [-0.39, 0.29) is 5.25 Å². The lowest BCUT2D eigenvalue weighted by Gasteiger charge is -2.39. The van der Waals surface area contributed by atoms with Crippen LogP contribution in [0.25, 0.3) is 10.9 Å². The number of aromatic nitrogens is 1. The predicted molar refractivity (Wildman–Crippen MR) is 105 cm³/mol. The number of thioether (sulfide) groups is 1. The van der Waals surface area contributed by atoms with E-state index in [1.54, 1.807) is 11.8 Å². The van der Waals surface area contributed by atoms with Crippen LogP contribution in [0.2, 0.25) is 0 Å². The minimum Gasteiger partial charge on any atom is -0.388 e. The fourth-order valence-corrected chi connectivity index (χ4v) is 5.06. The van der Waals surface area contributed by atoms with Gasteiger partial charge in [0.1, 0.15) is 0 Å². The van der Waals surface area contributed by atoms with Gasteiger partial charge >= 0.3 is 0 Å². The molecular weight excluding hydrogens is 326 g/mol. The summed E-state index contributed by atoms with van der Waals surface area (Å²) in [7, 11) is 0. The normalized spacial score (nSPS) is 18.1. The fraction of sp³-hybridized carbons (Fsp3) is 0.318. The van der Waals surface area contributed by atoms with Crippen molar-refractivity contribution in [2.24, 2.45) is 0 Å². The van der Waals surface area contributed by atoms with Gasteiger partial charge in [-0.15, -0.1) is 0 Å². The maximum absolute atomic E-state index is 11.4. The molecule has 1 atom stereocenters. The van der Waals surface area contributed by atoms with Crippen molar-refractivity contribution in [3.63, 3.8) is 0 Å². The Bertz CT molecular complexity index is 843. The number of nitrogens with zero attached hydrogens (tertiary/aromatic N) is 1. The standard InChI is InChI=1S/C22H23NOS/c24-22(15-7-2-8-16-22)21(18-10-3-1-4-11-18)25-20-14-13-17-9-5-6-12-19(17)23-20/h1,3-6,9-14,21,24H,2,7-8,15-16H2/t21-/m1/s1. The summed E-state index contributed by atoms with van der Waals surface area (Å²) >= 11 is 1.70. The Hall–Kier alpha value is -1.84. The minimum atomic E-state index is -0.655. The third kappa shape index (κ3) is 3.58. The van der Waals surface area contributed by atoms with E-state index in [9.17, 15) is 5.11 Å². The Morgan fingerprint density at radius 2 is 1.56 bits per heavy atom. The molecule has 128 valence electrons. The molecule has 1 saturated carbocycles. The van der Waals surface area contributed by atoms with Crippen LogP contribution >= 0.6 is 11.8 Å². The highest BCUT2D eigenvalue weighted by Crippen LogP contribution is 2.48. The molecule has 0 aliphatic heterocycles. The van der Waals surface area contributed by atoms with Gasteiger partial charge in [0, 0.05) is 5.39 Å². The molecule has 0 unspecified atom stereocenters. The third-order valence-electron chi connectivity index (χ3n) is 5.12. The number of hydrogen-bond acceptors (Lipinski definition) is 3. The van der Waals surface area contributed by atoms with Gasteiger partial charge in [-0.3, -0.25) is 0 Å². The minimum absolute atomic E-state index is 0.0164. The summed E-state index contributed by atoms with van der Waals surface area (Å²) in [4.78, 5) is 4.82. The second-order valence-corrected chi connectivity index (χ2v) is 8.04. The number of hydrogen-bond donors (Lipinski definition) is 1. The lowest BCUT2D eigenvalue weighted by molar-refractivity contribution is 0.00159. The highest BCUT2D eigenvalue weighted by molar-refractivity contribution is 7.99. The largest absolute Gasteiger partial charge is 0.388 e. The van der Waals surface area contributed by atoms with E-state index in [1.165, 1.54) is 12.0 Å². The lowest BCUT2D eigenvalue weighted by Crippen LogP contribution is -2.37. The van der Waals surface area contributed by atoms with Gasteiger partial charge in [0.05, 0.1) is 21.4 Å². The van der Waals surface area contributed by atoms with E-state index >= 15 is 0 Å². The molecule has 2 aromatic carbocycles. The van der Waals surface area contributed by atoms with Crippen LogP contribution in [0, 0.1) is 0 Å². The maximum Gasteiger partial charge on any atom is 0.0974 e. The van der Waals surface area contributed by atoms with Gasteiger partial charge in [-0.05, 0) is 30.5 Å². The Balaban J connectivity index is 1.69. The molecule has 1 aromatic heterocycles. The summed E-state index contributed by atoms with van der Waals surface area (Å²) in [6, 6.07) is 22.8. The molecule has 0 spiro atoms. The van der Waals surface area contributed by atoms with E-state index in [2.05, 4.69) is 42.5 Å². The van der Waals surface area contributed by atoms with Crippen LogP contribution in [0.4, 0.5) is 0 Å². The molecule has 2 nitrogen and oxygen atoms in total. The number of fused-ring (bicyclic) bond motifs is 1. The first-order chi connectivity index (χ1) is 12.2. The van der Waals surface area contributed by atoms with Crippen molar-refractivity contribution in [1.29, 1.82) is 0 Å². The zero-order valence-electron chi connectivity index (χ0n) is 14.3. The van der Waals surface area contributed by atoms with Gasteiger partial charge in [-0.2, -0.15) is 0 Å². The van der Waals surface area contributed by atoms with Crippen LogP contribution in [0.1, 0.15) is 42.9 Å². The molecule has 3 heteroatoms. The SMILES string of the molecule is OC1([C@H](Sc2ccc3ccccc3n2)c2ccccc2)CCCCC1. The van der Waals surface area contributed by atoms with Crippen molar-refractivity contribution in [1.82, 2.24) is 4.98 Å². The molecule has 1 heterocycles. The summed E-state index contributed by atoms with van der Waals surface area (Å²) in [5.41, 5.74) is 1.54. The van der Waals surface area contributed by atoms with Gasteiger partial charge in [-0.25, -0.2) is 4.98 Å². The van der Waals surface area contributed by atoms with Gasteiger partial charge in [0.2, 0.25) is 0 Å². The lowest BCUT2D eigenvalue weighted by atomic mass is 9.80. The van der Waals surface area contributed by atoms with Gasteiger partial charge in [0.15, 0.2) is 0 Å². The van der Waals surface area contributed by atoms with Crippen LogP contribution in [0.5, 0.6) is 0 Å². The molecular formula is C22H23NOS. The Labute approximate surface area is 153 Å². The molecule has 25 heavy (non-hydrogen) atoms. The molecule has 0 saturated heterocycles. The van der Waals surface area contributed by atoms with Crippen LogP contribution in [0.3, 0.4) is 0 Å². The zero-order valence-corrected chi connectivity index (χ0v) is 15.1. The highest BCUT2D eigenvalue weighted by Gasteiger charge is 2.39. The molecule has 1 aliphatic rings. The zero-order chi connectivity index (χ0) is 17.1. The molecule has 0 radical (unpaired) electrons. The van der Waals surface area contributed by atoms with Crippen molar-refractivity contribution >= 4 is 22.7 Å². The highest BCUT2D eigenvalue weighted by atomic mass is 32.2. The molecule has 3 aromatic rings. The van der Waals surface area contributed by atoms with E-state index in [1.807, 2.05) is 24.3 Å². The van der Waals surface area contributed by atoms with Crippen molar-refractivity contribution in [2.45, 2.75) is 48.0 Å². The van der Waals surface area contributed by atoms with Crippen LogP contribution in [0.15, 0.2) is 71.8 Å². The molecule has 1 N–H and O–H groups in total. The third-order valence-corrected chi connectivity index (χ3v) is 6.54. The van der Waals surface area contributed by atoms with Crippen molar-refractivity contribution in [2.75, 3.05) is 0 Å². The number of benzene rings is 2. The summed E-state index contributed by atoms with van der Waals surface area (Å²) in [6.45, 7) is 0. The first-order valence-corrected chi connectivity index (χ1v) is 9.92. The number of pyridine rings is 1.